The molecule has 0 fully saturated rings. The maximum absolute atomic E-state index is 9.76. The molecule has 19 heavy (non-hydrogen) atoms. The number of halogens is 3. The topological polar surface area (TPSA) is 41.5 Å². The van der Waals surface area contributed by atoms with Gasteiger partial charge in [0.25, 0.3) is 0 Å². The molecule has 0 spiro atoms. The Kier molecular flexibility index (Phi) is 8.09. The van der Waals surface area contributed by atoms with E-state index in [-0.39, 0.29) is 24.6 Å². The van der Waals surface area contributed by atoms with Gasteiger partial charge in [-0.2, -0.15) is 0 Å². The van der Waals surface area contributed by atoms with Gasteiger partial charge in [0.2, 0.25) is 0 Å². The van der Waals surface area contributed by atoms with E-state index in [1.54, 1.807) is 18.2 Å². The standard InChI is InChI=1S/C13H19Cl2NO2.ClH/c1-13(2,3)16-7-10(17)8-18-12-5-4-9(14)6-11(12)15;/h4-6,10,16-17H,7-8H2,1-3H3;1H. The lowest BCUT2D eigenvalue weighted by atomic mass is 10.1. The first-order chi connectivity index (χ1) is 8.28. The van der Waals surface area contributed by atoms with Gasteiger partial charge in [0, 0.05) is 17.1 Å². The summed E-state index contributed by atoms with van der Waals surface area (Å²) in [5.41, 5.74) is -0.0289. The lowest BCUT2D eigenvalue weighted by molar-refractivity contribution is 0.100. The first-order valence-electron chi connectivity index (χ1n) is 5.79. The van der Waals surface area contributed by atoms with Crippen LogP contribution in [0.5, 0.6) is 5.75 Å². The number of ether oxygens (including phenoxy) is 1. The van der Waals surface area contributed by atoms with Crippen molar-refractivity contribution in [1.82, 2.24) is 5.32 Å². The van der Waals surface area contributed by atoms with Crippen LogP contribution in [0.25, 0.3) is 0 Å². The molecule has 0 saturated heterocycles. The minimum atomic E-state index is -0.587. The van der Waals surface area contributed by atoms with E-state index in [4.69, 9.17) is 27.9 Å². The number of hydrogen-bond donors (Lipinski definition) is 2. The van der Waals surface area contributed by atoms with Gasteiger partial charge in [-0.3, -0.25) is 0 Å². The molecule has 1 atom stereocenters. The molecule has 2 N–H and O–H groups in total. The van der Waals surface area contributed by atoms with Crippen LogP contribution in [0.3, 0.4) is 0 Å². The number of aliphatic hydroxyl groups is 1. The fourth-order valence-electron chi connectivity index (χ4n) is 1.26. The van der Waals surface area contributed by atoms with Crippen molar-refractivity contribution < 1.29 is 9.84 Å². The van der Waals surface area contributed by atoms with Crippen molar-refractivity contribution in [2.24, 2.45) is 0 Å². The largest absolute Gasteiger partial charge is 0.489 e. The molecular formula is C13H20Cl3NO2. The third-order valence-electron chi connectivity index (χ3n) is 2.19. The Bertz CT molecular complexity index is 394. The summed E-state index contributed by atoms with van der Waals surface area (Å²) in [4.78, 5) is 0. The predicted molar refractivity (Wildman–Crippen MR) is 83.0 cm³/mol. The SMILES string of the molecule is CC(C)(C)NCC(O)COc1ccc(Cl)cc1Cl.Cl. The lowest BCUT2D eigenvalue weighted by Crippen LogP contribution is -2.42. The molecule has 0 aliphatic rings. The average Bonchev–Trinajstić information content (AvgIpc) is 2.24. The second-order valence-corrected chi connectivity index (χ2v) is 6.01. The lowest BCUT2D eigenvalue weighted by Gasteiger charge is -2.23. The van der Waals surface area contributed by atoms with Crippen LogP contribution in [0, 0.1) is 0 Å². The Balaban J connectivity index is 0.00000324. The maximum atomic E-state index is 9.76. The summed E-state index contributed by atoms with van der Waals surface area (Å²) in [5.74, 6) is 0.524. The van der Waals surface area contributed by atoms with Gasteiger partial charge < -0.3 is 15.2 Å². The van der Waals surface area contributed by atoms with E-state index >= 15 is 0 Å². The number of aliphatic hydroxyl groups excluding tert-OH is 1. The molecule has 6 heteroatoms. The quantitative estimate of drug-likeness (QED) is 0.868. The second-order valence-electron chi connectivity index (χ2n) is 5.17. The van der Waals surface area contributed by atoms with E-state index < -0.39 is 6.10 Å². The van der Waals surface area contributed by atoms with Crippen LogP contribution in [-0.2, 0) is 0 Å². The van der Waals surface area contributed by atoms with Crippen LogP contribution in [0.1, 0.15) is 20.8 Å². The Hall–Kier alpha value is -0.190. The molecule has 1 rings (SSSR count). The zero-order chi connectivity index (χ0) is 13.8. The molecule has 0 aliphatic carbocycles. The number of nitrogens with one attached hydrogen (secondary N) is 1. The molecule has 0 heterocycles. The van der Waals surface area contributed by atoms with Crippen molar-refractivity contribution in [1.29, 1.82) is 0 Å². The second kappa shape index (κ2) is 8.18. The summed E-state index contributed by atoms with van der Waals surface area (Å²) in [5, 5.41) is 14.0. The van der Waals surface area contributed by atoms with Crippen molar-refractivity contribution in [3.8, 4) is 5.75 Å². The smallest absolute Gasteiger partial charge is 0.138 e. The zero-order valence-corrected chi connectivity index (χ0v) is 13.6. The minimum Gasteiger partial charge on any atom is -0.489 e. The van der Waals surface area contributed by atoms with E-state index in [1.165, 1.54) is 0 Å². The predicted octanol–water partition coefficient (Wildman–Crippen LogP) is 3.54. The minimum absolute atomic E-state index is 0. The molecule has 0 bridgehead atoms. The van der Waals surface area contributed by atoms with Gasteiger partial charge in [-0.05, 0) is 39.0 Å². The Labute approximate surface area is 130 Å². The molecule has 0 aromatic heterocycles. The van der Waals surface area contributed by atoms with Crippen LogP contribution in [-0.4, -0.2) is 29.9 Å². The van der Waals surface area contributed by atoms with E-state index in [1.807, 2.05) is 20.8 Å². The number of rotatable bonds is 5. The molecule has 1 unspecified atom stereocenters. The monoisotopic (exact) mass is 327 g/mol. The highest BCUT2D eigenvalue weighted by Gasteiger charge is 2.13. The summed E-state index contributed by atoms with van der Waals surface area (Å²) in [6, 6.07) is 5.00. The van der Waals surface area contributed by atoms with Gasteiger partial charge in [-0.1, -0.05) is 23.2 Å². The van der Waals surface area contributed by atoms with E-state index in [2.05, 4.69) is 5.32 Å². The molecule has 3 nitrogen and oxygen atoms in total. The highest BCUT2D eigenvalue weighted by molar-refractivity contribution is 6.35. The molecule has 1 aromatic rings. The van der Waals surface area contributed by atoms with Crippen molar-refractivity contribution in [3.05, 3.63) is 28.2 Å². The molecular weight excluding hydrogens is 309 g/mol. The van der Waals surface area contributed by atoms with Crippen molar-refractivity contribution in [2.45, 2.75) is 32.4 Å². The summed E-state index contributed by atoms with van der Waals surface area (Å²) in [6.45, 7) is 6.77. The normalized spacial score (nSPS) is 12.7. The van der Waals surface area contributed by atoms with Crippen LogP contribution < -0.4 is 10.1 Å². The molecule has 1 aromatic carbocycles. The number of benzene rings is 1. The molecule has 0 aliphatic heterocycles. The van der Waals surface area contributed by atoms with Gasteiger partial charge in [0.05, 0.1) is 5.02 Å². The van der Waals surface area contributed by atoms with Gasteiger partial charge in [-0.15, -0.1) is 12.4 Å². The summed E-state index contributed by atoms with van der Waals surface area (Å²) < 4.78 is 5.44. The first kappa shape index (κ1) is 18.8. The highest BCUT2D eigenvalue weighted by Crippen LogP contribution is 2.27. The van der Waals surface area contributed by atoms with Crippen molar-refractivity contribution >= 4 is 35.6 Å². The summed E-state index contributed by atoms with van der Waals surface area (Å²) in [7, 11) is 0. The first-order valence-corrected chi connectivity index (χ1v) is 6.54. The Morgan fingerprint density at radius 1 is 1.32 bits per heavy atom. The van der Waals surface area contributed by atoms with Crippen molar-refractivity contribution in [2.75, 3.05) is 13.2 Å². The van der Waals surface area contributed by atoms with Crippen LogP contribution in [0.15, 0.2) is 18.2 Å². The van der Waals surface area contributed by atoms with Gasteiger partial charge >= 0.3 is 0 Å². The Morgan fingerprint density at radius 2 is 1.95 bits per heavy atom. The molecule has 0 saturated carbocycles. The fraction of sp³-hybridized carbons (Fsp3) is 0.538. The van der Waals surface area contributed by atoms with Gasteiger partial charge in [0.15, 0.2) is 0 Å². The molecule has 0 radical (unpaired) electrons. The Morgan fingerprint density at radius 3 is 2.47 bits per heavy atom. The number of hydrogen-bond acceptors (Lipinski definition) is 3. The third kappa shape index (κ3) is 7.85. The zero-order valence-electron chi connectivity index (χ0n) is 11.2. The van der Waals surface area contributed by atoms with Crippen molar-refractivity contribution in [3.63, 3.8) is 0 Å². The van der Waals surface area contributed by atoms with E-state index in [0.29, 0.717) is 22.3 Å². The highest BCUT2D eigenvalue weighted by atomic mass is 35.5. The fourth-order valence-corrected chi connectivity index (χ4v) is 1.72. The van der Waals surface area contributed by atoms with Crippen LogP contribution >= 0.6 is 35.6 Å². The molecule has 110 valence electrons. The van der Waals surface area contributed by atoms with E-state index in [9.17, 15) is 5.11 Å². The van der Waals surface area contributed by atoms with Gasteiger partial charge in [0.1, 0.15) is 18.5 Å². The molecule has 0 amide bonds. The van der Waals surface area contributed by atoms with Crippen LogP contribution in [0.2, 0.25) is 10.0 Å². The average molecular weight is 329 g/mol. The number of β-amino-alcohol motifs (C(OH)–C–C–N with tert-alkyl or cyclic N) is 1. The van der Waals surface area contributed by atoms with Gasteiger partial charge in [-0.25, -0.2) is 0 Å². The third-order valence-corrected chi connectivity index (χ3v) is 2.72. The summed E-state index contributed by atoms with van der Waals surface area (Å²) in [6.07, 6.45) is -0.587. The van der Waals surface area contributed by atoms with E-state index in [0.717, 1.165) is 0 Å². The maximum Gasteiger partial charge on any atom is 0.138 e. The summed E-state index contributed by atoms with van der Waals surface area (Å²) >= 11 is 11.7. The van der Waals surface area contributed by atoms with Crippen LogP contribution in [0.4, 0.5) is 0 Å².